The third kappa shape index (κ3) is 4.93. The molecule has 0 saturated carbocycles. The van der Waals surface area contributed by atoms with Crippen molar-refractivity contribution in [1.82, 2.24) is 10.6 Å². The lowest BCUT2D eigenvalue weighted by Gasteiger charge is -2.14. The number of hydrogen-bond donors (Lipinski definition) is 2. The number of hydrogen-bond acceptors (Lipinski definition) is 4. The first-order valence-corrected chi connectivity index (χ1v) is 8.56. The van der Waals surface area contributed by atoms with Crippen molar-refractivity contribution in [3.8, 4) is 5.75 Å². The number of amides is 1. The van der Waals surface area contributed by atoms with Crippen LogP contribution in [0.4, 0.5) is 0 Å². The Balaban J connectivity index is 1.80. The smallest absolute Gasteiger partial charge is 0.238 e. The standard InChI is InChI=1S/C16H24N2O2S/c1-11(2)20-15-5-4-13(8-12(15)3)6-7-17-16(19)14-9-21-10-18-14/h4-5,8,11,14,18H,6-7,9-10H2,1-3H3,(H,17,19). The molecule has 4 nitrogen and oxygen atoms in total. The van der Waals surface area contributed by atoms with Gasteiger partial charge in [-0.2, -0.15) is 0 Å². The molecule has 2 N–H and O–H groups in total. The molecule has 1 unspecified atom stereocenters. The first kappa shape index (κ1) is 16.2. The molecular formula is C16H24N2O2S. The van der Waals surface area contributed by atoms with Crippen LogP contribution >= 0.6 is 11.8 Å². The highest BCUT2D eigenvalue weighted by Crippen LogP contribution is 2.20. The molecule has 1 heterocycles. The van der Waals surface area contributed by atoms with E-state index in [1.54, 1.807) is 11.8 Å². The fourth-order valence-electron chi connectivity index (χ4n) is 2.27. The van der Waals surface area contributed by atoms with Gasteiger partial charge in [0.2, 0.25) is 5.91 Å². The summed E-state index contributed by atoms with van der Waals surface area (Å²) >= 11 is 1.76. The van der Waals surface area contributed by atoms with E-state index in [0.29, 0.717) is 6.54 Å². The van der Waals surface area contributed by atoms with Crippen molar-refractivity contribution in [3.63, 3.8) is 0 Å². The van der Waals surface area contributed by atoms with E-state index >= 15 is 0 Å². The molecule has 1 amide bonds. The van der Waals surface area contributed by atoms with Crippen molar-refractivity contribution >= 4 is 17.7 Å². The van der Waals surface area contributed by atoms with E-state index in [0.717, 1.165) is 29.4 Å². The molecule has 1 aromatic rings. The van der Waals surface area contributed by atoms with Crippen LogP contribution in [0.1, 0.15) is 25.0 Å². The first-order valence-electron chi connectivity index (χ1n) is 7.41. The molecule has 0 aliphatic carbocycles. The number of thioether (sulfide) groups is 1. The highest BCUT2D eigenvalue weighted by atomic mass is 32.2. The van der Waals surface area contributed by atoms with Gasteiger partial charge in [0, 0.05) is 18.2 Å². The number of rotatable bonds is 6. The minimum atomic E-state index is -0.0291. The Kier molecular flexibility index (Phi) is 5.94. The quantitative estimate of drug-likeness (QED) is 0.845. The van der Waals surface area contributed by atoms with E-state index in [1.165, 1.54) is 5.56 Å². The second kappa shape index (κ2) is 7.71. The molecule has 0 spiro atoms. The topological polar surface area (TPSA) is 50.4 Å². The summed E-state index contributed by atoms with van der Waals surface area (Å²) in [7, 11) is 0. The van der Waals surface area contributed by atoms with Crippen LogP contribution in [0, 0.1) is 6.92 Å². The van der Waals surface area contributed by atoms with E-state index < -0.39 is 0 Å². The summed E-state index contributed by atoms with van der Waals surface area (Å²) in [6.45, 7) is 6.78. The molecular weight excluding hydrogens is 284 g/mol. The maximum absolute atomic E-state index is 11.9. The molecule has 1 fully saturated rings. The minimum absolute atomic E-state index is 0.0291. The summed E-state index contributed by atoms with van der Waals surface area (Å²) in [4.78, 5) is 11.9. The van der Waals surface area contributed by atoms with E-state index in [9.17, 15) is 4.79 Å². The normalized spacial score (nSPS) is 18.0. The molecule has 1 atom stereocenters. The minimum Gasteiger partial charge on any atom is -0.491 e. The Bertz CT molecular complexity index is 485. The van der Waals surface area contributed by atoms with Crippen LogP contribution in [0.25, 0.3) is 0 Å². The lowest BCUT2D eigenvalue weighted by Crippen LogP contribution is -2.42. The molecule has 0 bridgehead atoms. The van der Waals surface area contributed by atoms with Crippen LogP contribution in [0.3, 0.4) is 0 Å². The Morgan fingerprint density at radius 2 is 2.33 bits per heavy atom. The Morgan fingerprint density at radius 3 is 2.95 bits per heavy atom. The fraction of sp³-hybridized carbons (Fsp3) is 0.562. The largest absolute Gasteiger partial charge is 0.491 e. The van der Waals surface area contributed by atoms with E-state index in [1.807, 2.05) is 19.9 Å². The zero-order valence-electron chi connectivity index (χ0n) is 12.9. The molecule has 1 aromatic carbocycles. The van der Waals surface area contributed by atoms with Gasteiger partial charge in [-0.3, -0.25) is 10.1 Å². The van der Waals surface area contributed by atoms with Crippen molar-refractivity contribution in [1.29, 1.82) is 0 Å². The van der Waals surface area contributed by atoms with Gasteiger partial charge in [0.1, 0.15) is 5.75 Å². The van der Waals surface area contributed by atoms with Crippen molar-refractivity contribution in [3.05, 3.63) is 29.3 Å². The monoisotopic (exact) mass is 308 g/mol. The summed E-state index contributed by atoms with van der Waals surface area (Å²) in [6, 6.07) is 6.19. The predicted octanol–water partition coefficient (Wildman–Crippen LogP) is 2.10. The zero-order chi connectivity index (χ0) is 15.2. The van der Waals surface area contributed by atoms with Gasteiger partial charge in [0.15, 0.2) is 0 Å². The molecule has 2 rings (SSSR count). The molecule has 1 aliphatic heterocycles. The summed E-state index contributed by atoms with van der Waals surface area (Å²) in [5, 5.41) is 6.17. The fourth-order valence-corrected chi connectivity index (χ4v) is 3.21. The van der Waals surface area contributed by atoms with E-state index in [-0.39, 0.29) is 18.1 Å². The second-order valence-electron chi connectivity index (χ2n) is 5.58. The van der Waals surface area contributed by atoms with Gasteiger partial charge in [-0.25, -0.2) is 0 Å². The number of carbonyl (C=O) groups is 1. The lowest BCUT2D eigenvalue weighted by atomic mass is 10.1. The number of carbonyl (C=O) groups excluding carboxylic acids is 1. The summed E-state index contributed by atoms with van der Waals surface area (Å²) in [5.74, 6) is 2.78. The molecule has 0 aromatic heterocycles. The number of ether oxygens (including phenoxy) is 1. The van der Waals surface area contributed by atoms with E-state index in [2.05, 4.69) is 29.7 Å². The van der Waals surface area contributed by atoms with Gasteiger partial charge in [-0.05, 0) is 44.4 Å². The molecule has 5 heteroatoms. The van der Waals surface area contributed by atoms with Crippen molar-refractivity contribution < 1.29 is 9.53 Å². The Morgan fingerprint density at radius 1 is 1.52 bits per heavy atom. The third-order valence-corrected chi connectivity index (χ3v) is 4.29. The zero-order valence-corrected chi connectivity index (χ0v) is 13.8. The first-order chi connectivity index (χ1) is 10.1. The van der Waals surface area contributed by atoms with Gasteiger partial charge in [0.25, 0.3) is 0 Å². The molecule has 21 heavy (non-hydrogen) atoms. The second-order valence-corrected chi connectivity index (χ2v) is 6.61. The van der Waals surface area contributed by atoms with Crippen LogP contribution in [-0.4, -0.2) is 36.2 Å². The highest BCUT2D eigenvalue weighted by molar-refractivity contribution is 7.99. The summed E-state index contributed by atoms with van der Waals surface area (Å²) in [5.41, 5.74) is 2.36. The predicted molar refractivity (Wildman–Crippen MR) is 87.9 cm³/mol. The van der Waals surface area contributed by atoms with Gasteiger partial charge in [-0.15, -0.1) is 11.8 Å². The SMILES string of the molecule is Cc1cc(CCNC(=O)C2CSCN2)ccc1OC(C)C. The number of nitrogens with one attached hydrogen (secondary N) is 2. The molecule has 0 radical (unpaired) electrons. The number of benzene rings is 1. The van der Waals surface area contributed by atoms with Gasteiger partial charge < -0.3 is 10.1 Å². The molecule has 1 saturated heterocycles. The Hall–Kier alpha value is -1.20. The van der Waals surface area contributed by atoms with Crippen molar-refractivity contribution in [2.75, 3.05) is 18.2 Å². The van der Waals surface area contributed by atoms with Crippen LogP contribution in [-0.2, 0) is 11.2 Å². The highest BCUT2D eigenvalue weighted by Gasteiger charge is 2.21. The van der Waals surface area contributed by atoms with Crippen molar-refractivity contribution in [2.24, 2.45) is 0 Å². The van der Waals surface area contributed by atoms with Gasteiger partial charge in [-0.1, -0.05) is 12.1 Å². The number of aryl methyl sites for hydroxylation is 1. The van der Waals surface area contributed by atoms with E-state index in [4.69, 9.17) is 4.74 Å². The van der Waals surface area contributed by atoms with Crippen LogP contribution in [0.15, 0.2) is 18.2 Å². The average Bonchev–Trinajstić information content (AvgIpc) is 2.95. The van der Waals surface area contributed by atoms with Crippen LogP contribution < -0.4 is 15.4 Å². The maximum Gasteiger partial charge on any atom is 0.238 e. The summed E-state index contributed by atoms with van der Waals surface area (Å²) in [6.07, 6.45) is 1.03. The average molecular weight is 308 g/mol. The van der Waals surface area contributed by atoms with Crippen LogP contribution in [0.2, 0.25) is 0 Å². The molecule has 116 valence electrons. The maximum atomic E-state index is 11.9. The van der Waals surface area contributed by atoms with Gasteiger partial charge >= 0.3 is 0 Å². The molecule has 1 aliphatic rings. The summed E-state index contributed by atoms with van der Waals surface area (Å²) < 4.78 is 5.73. The van der Waals surface area contributed by atoms with Crippen LogP contribution in [0.5, 0.6) is 5.75 Å². The van der Waals surface area contributed by atoms with Gasteiger partial charge in [0.05, 0.1) is 12.1 Å². The third-order valence-electron chi connectivity index (χ3n) is 3.35. The lowest BCUT2D eigenvalue weighted by molar-refractivity contribution is -0.122. The van der Waals surface area contributed by atoms with Crippen molar-refractivity contribution in [2.45, 2.75) is 39.3 Å². The Labute approximate surface area is 131 Å².